The number of hydrogen-bond donors (Lipinski definition) is 1. The number of rotatable bonds is 6. The summed E-state index contributed by atoms with van der Waals surface area (Å²) in [6.45, 7) is 4.99. The molecule has 0 radical (unpaired) electrons. The molecule has 20 heavy (non-hydrogen) atoms. The third kappa shape index (κ3) is 3.17. The molecule has 2 N–H and O–H groups in total. The lowest BCUT2D eigenvalue weighted by Gasteiger charge is -2.25. The molecule has 1 unspecified atom stereocenters. The van der Waals surface area contributed by atoms with Crippen LogP contribution in [0.25, 0.3) is 0 Å². The molecule has 0 aliphatic heterocycles. The zero-order valence-corrected chi connectivity index (χ0v) is 12.3. The Bertz CT molecular complexity index is 563. The van der Waals surface area contributed by atoms with Gasteiger partial charge in [0.15, 0.2) is 0 Å². The predicted molar refractivity (Wildman–Crippen MR) is 78.6 cm³/mol. The molecule has 0 aliphatic carbocycles. The first-order chi connectivity index (χ1) is 9.56. The van der Waals surface area contributed by atoms with Gasteiger partial charge in [0.2, 0.25) is 0 Å². The first-order valence-electron chi connectivity index (χ1n) is 6.87. The van der Waals surface area contributed by atoms with E-state index in [2.05, 4.69) is 17.0 Å². The summed E-state index contributed by atoms with van der Waals surface area (Å²) < 4.78 is 7.18. The molecule has 0 saturated carbocycles. The molecule has 0 aliphatic rings. The van der Waals surface area contributed by atoms with Crippen molar-refractivity contribution in [3.05, 3.63) is 42.0 Å². The number of ether oxygens (including phenoxy) is 1. The highest BCUT2D eigenvalue weighted by molar-refractivity contribution is 5.33. The lowest BCUT2D eigenvalue weighted by Crippen LogP contribution is -2.36. The number of hydrogen-bond acceptors (Lipinski definition) is 4. The third-order valence-corrected chi connectivity index (χ3v) is 3.39. The summed E-state index contributed by atoms with van der Waals surface area (Å²) >= 11 is 0. The van der Waals surface area contributed by atoms with E-state index in [9.17, 15) is 0 Å². The van der Waals surface area contributed by atoms with E-state index >= 15 is 0 Å². The Morgan fingerprint density at radius 1 is 1.40 bits per heavy atom. The second-order valence-electron chi connectivity index (χ2n) is 5.23. The van der Waals surface area contributed by atoms with Gasteiger partial charge in [0, 0.05) is 18.5 Å². The molecule has 0 spiro atoms. The SMILES string of the molecule is CCCn1ncnc1CC(C)(N)c1cccc(OC)c1. The van der Waals surface area contributed by atoms with E-state index in [1.807, 2.05) is 35.9 Å². The molecule has 0 saturated heterocycles. The van der Waals surface area contributed by atoms with Crippen molar-refractivity contribution in [1.29, 1.82) is 0 Å². The third-order valence-electron chi connectivity index (χ3n) is 3.39. The van der Waals surface area contributed by atoms with Crippen LogP contribution in [0.1, 0.15) is 31.7 Å². The fraction of sp³-hybridized carbons (Fsp3) is 0.467. The van der Waals surface area contributed by atoms with Gasteiger partial charge in [-0.25, -0.2) is 4.98 Å². The monoisotopic (exact) mass is 274 g/mol. The Kier molecular flexibility index (Phi) is 4.39. The summed E-state index contributed by atoms with van der Waals surface area (Å²) in [6, 6.07) is 7.86. The molecule has 2 rings (SSSR count). The van der Waals surface area contributed by atoms with Crippen LogP contribution in [0.3, 0.4) is 0 Å². The van der Waals surface area contributed by atoms with E-state index in [1.54, 1.807) is 13.4 Å². The average molecular weight is 274 g/mol. The van der Waals surface area contributed by atoms with Crippen molar-refractivity contribution in [2.24, 2.45) is 5.73 Å². The van der Waals surface area contributed by atoms with Gasteiger partial charge in [-0.2, -0.15) is 5.10 Å². The van der Waals surface area contributed by atoms with Gasteiger partial charge in [0.1, 0.15) is 17.9 Å². The number of benzene rings is 1. The average Bonchev–Trinajstić information content (AvgIpc) is 2.86. The molecule has 0 amide bonds. The van der Waals surface area contributed by atoms with Crippen LogP contribution in [-0.4, -0.2) is 21.9 Å². The van der Waals surface area contributed by atoms with Crippen molar-refractivity contribution in [3.8, 4) is 5.75 Å². The fourth-order valence-corrected chi connectivity index (χ4v) is 2.23. The van der Waals surface area contributed by atoms with Gasteiger partial charge < -0.3 is 10.5 Å². The Labute approximate surface area is 119 Å². The highest BCUT2D eigenvalue weighted by atomic mass is 16.5. The summed E-state index contributed by atoms with van der Waals surface area (Å²) in [5.41, 5.74) is 7.00. The first-order valence-corrected chi connectivity index (χ1v) is 6.87. The zero-order chi connectivity index (χ0) is 14.6. The van der Waals surface area contributed by atoms with Gasteiger partial charge in [-0.15, -0.1) is 0 Å². The second kappa shape index (κ2) is 6.05. The largest absolute Gasteiger partial charge is 0.497 e. The van der Waals surface area contributed by atoms with Crippen LogP contribution >= 0.6 is 0 Å². The van der Waals surface area contributed by atoms with Crippen LogP contribution in [0.4, 0.5) is 0 Å². The standard InChI is InChI=1S/C15H22N4O/c1-4-8-19-14(17-11-18-19)10-15(2,16)12-6-5-7-13(9-12)20-3/h5-7,9,11H,4,8,10,16H2,1-3H3. The van der Waals surface area contributed by atoms with Crippen molar-refractivity contribution < 1.29 is 4.74 Å². The number of nitrogens with two attached hydrogens (primary N) is 1. The summed E-state index contributed by atoms with van der Waals surface area (Å²) in [5, 5.41) is 4.24. The van der Waals surface area contributed by atoms with Gasteiger partial charge in [-0.3, -0.25) is 4.68 Å². The van der Waals surface area contributed by atoms with Crippen molar-refractivity contribution in [1.82, 2.24) is 14.8 Å². The number of methoxy groups -OCH3 is 1. The number of aryl methyl sites for hydroxylation is 1. The van der Waals surface area contributed by atoms with Gasteiger partial charge in [-0.05, 0) is 31.0 Å². The molecule has 1 atom stereocenters. The highest BCUT2D eigenvalue weighted by Gasteiger charge is 2.24. The van der Waals surface area contributed by atoms with Crippen LogP contribution in [0, 0.1) is 0 Å². The Morgan fingerprint density at radius 2 is 2.20 bits per heavy atom. The maximum absolute atomic E-state index is 6.48. The molecule has 5 heteroatoms. The highest BCUT2D eigenvalue weighted by Crippen LogP contribution is 2.25. The number of nitrogens with zero attached hydrogens (tertiary/aromatic N) is 3. The van der Waals surface area contributed by atoms with Crippen LogP contribution in [0.15, 0.2) is 30.6 Å². The molecular weight excluding hydrogens is 252 g/mol. The van der Waals surface area contributed by atoms with Crippen molar-refractivity contribution in [2.75, 3.05) is 7.11 Å². The van der Waals surface area contributed by atoms with Crippen molar-refractivity contribution >= 4 is 0 Å². The Hall–Kier alpha value is -1.88. The van der Waals surface area contributed by atoms with Crippen LogP contribution in [-0.2, 0) is 18.5 Å². The van der Waals surface area contributed by atoms with Gasteiger partial charge in [0.25, 0.3) is 0 Å². The zero-order valence-electron chi connectivity index (χ0n) is 12.3. The molecule has 1 aromatic carbocycles. The molecule has 0 fully saturated rings. The summed E-state index contributed by atoms with van der Waals surface area (Å²) in [6.07, 6.45) is 3.25. The normalized spacial score (nSPS) is 14.0. The minimum absolute atomic E-state index is 0.507. The fourth-order valence-electron chi connectivity index (χ4n) is 2.23. The predicted octanol–water partition coefficient (Wildman–Crippen LogP) is 2.11. The van der Waals surface area contributed by atoms with E-state index in [-0.39, 0.29) is 0 Å². The van der Waals surface area contributed by atoms with E-state index in [0.29, 0.717) is 6.42 Å². The molecule has 1 heterocycles. The van der Waals surface area contributed by atoms with E-state index in [4.69, 9.17) is 10.5 Å². The van der Waals surface area contributed by atoms with Gasteiger partial charge in [0.05, 0.1) is 7.11 Å². The summed E-state index contributed by atoms with van der Waals surface area (Å²) in [7, 11) is 1.66. The Morgan fingerprint density at radius 3 is 2.90 bits per heavy atom. The lowest BCUT2D eigenvalue weighted by molar-refractivity contribution is 0.408. The molecular formula is C15H22N4O. The minimum atomic E-state index is -0.507. The van der Waals surface area contributed by atoms with E-state index < -0.39 is 5.54 Å². The van der Waals surface area contributed by atoms with Crippen molar-refractivity contribution in [2.45, 2.75) is 38.8 Å². The quantitative estimate of drug-likeness (QED) is 0.876. The number of aromatic nitrogens is 3. The van der Waals surface area contributed by atoms with Crippen molar-refractivity contribution in [3.63, 3.8) is 0 Å². The summed E-state index contributed by atoms with van der Waals surface area (Å²) in [4.78, 5) is 4.33. The molecule has 5 nitrogen and oxygen atoms in total. The molecule has 108 valence electrons. The topological polar surface area (TPSA) is 66.0 Å². The maximum Gasteiger partial charge on any atom is 0.138 e. The summed E-state index contributed by atoms with van der Waals surface area (Å²) in [5.74, 6) is 1.73. The van der Waals surface area contributed by atoms with E-state index in [1.165, 1.54) is 0 Å². The van der Waals surface area contributed by atoms with E-state index in [0.717, 1.165) is 30.1 Å². The smallest absolute Gasteiger partial charge is 0.138 e. The van der Waals surface area contributed by atoms with Gasteiger partial charge in [-0.1, -0.05) is 19.1 Å². The first kappa shape index (κ1) is 14.5. The molecule has 0 bridgehead atoms. The van der Waals surface area contributed by atoms with Crippen LogP contribution in [0.2, 0.25) is 0 Å². The van der Waals surface area contributed by atoms with Gasteiger partial charge >= 0.3 is 0 Å². The molecule has 1 aromatic heterocycles. The lowest BCUT2D eigenvalue weighted by atomic mass is 9.89. The second-order valence-corrected chi connectivity index (χ2v) is 5.23. The minimum Gasteiger partial charge on any atom is -0.497 e. The Balaban J connectivity index is 2.23. The molecule has 2 aromatic rings. The van der Waals surface area contributed by atoms with Crippen LogP contribution in [0.5, 0.6) is 5.75 Å². The van der Waals surface area contributed by atoms with Crippen LogP contribution < -0.4 is 10.5 Å². The maximum atomic E-state index is 6.48.